The van der Waals surface area contributed by atoms with Gasteiger partial charge < -0.3 is 0 Å². The van der Waals surface area contributed by atoms with Gasteiger partial charge in [0, 0.05) is 11.8 Å². The first-order valence-electron chi connectivity index (χ1n) is 6.49. The van der Waals surface area contributed by atoms with E-state index in [1.165, 1.54) is 16.7 Å². The number of fused-ring (bicyclic) bond motifs is 1. The van der Waals surface area contributed by atoms with Crippen LogP contribution in [0.5, 0.6) is 0 Å². The first-order chi connectivity index (χ1) is 9.24. The van der Waals surface area contributed by atoms with Crippen LogP contribution in [0.4, 0.5) is 0 Å². The Morgan fingerprint density at radius 2 is 1.63 bits per heavy atom. The molecule has 3 aromatic rings. The summed E-state index contributed by atoms with van der Waals surface area (Å²) in [5, 5.41) is 1.16. The van der Waals surface area contributed by atoms with Crippen molar-refractivity contribution in [2.45, 2.75) is 20.3 Å². The average Bonchev–Trinajstić information content (AvgIpc) is 2.42. The highest BCUT2D eigenvalue weighted by Gasteiger charge is 2.06. The Bertz CT molecular complexity index is 718. The summed E-state index contributed by atoms with van der Waals surface area (Å²) >= 11 is 0. The minimum Gasteiger partial charge on any atom is -0.240 e. The van der Waals surface area contributed by atoms with E-state index in [-0.39, 0.29) is 0 Å². The fourth-order valence-corrected chi connectivity index (χ4v) is 2.30. The van der Waals surface area contributed by atoms with Gasteiger partial charge in [-0.05, 0) is 42.7 Å². The number of aromatic nitrogens is 2. The molecule has 94 valence electrons. The molecule has 0 saturated heterocycles. The summed E-state index contributed by atoms with van der Waals surface area (Å²) in [6.07, 6.45) is 2.51. The van der Waals surface area contributed by atoms with Crippen LogP contribution in [0.1, 0.15) is 22.4 Å². The third-order valence-corrected chi connectivity index (χ3v) is 3.55. The van der Waals surface area contributed by atoms with Crippen molar-refractivity contribution >= 4 is 10.9 Å². The summed E-state index contributed by atoms with van der Waals surface area (Å²) in [5.41, 5.74) is 5.97. The van der Waals surface area contributed by atoms with Gasteiger partial charge in [0.2, 0.25) is 0 Å². The van der Waals surface area contributed by atoms with Gasteiger partial charge in [-0.3, -0.25) is 0 Å². The maximum atomic E-state index is 4.46. The number of nitrogens with zero attached hydrogens (tertiary/aromatic N) is 2. The summed E-state index contributed by atoms with van der Waals surface area (Å²) in [4.78, 5) is 8.84. The third-order valence-electron chi connectivity index (χ3n) is 3.55. The van der Waals surface area contributed by atoms with Gasteiger partial charge in [0.1, 0.15) is 6.33 Å². The fourth-order valence-electron chi connectivity index (χ4n) is 2.30. The molecule has 0 fully saturated rings. The van der Waals surface area contributed by atoms with E-state index in [0.717, 1.165) is 23.0 Å². The molecular weight excluding hydrogens is 232 g/mol. The van der Waals surface area contributed by atoms with Crippen LogP contribution in [0.3, 0.4) is 0 Å². The molecule has 3 rings (SSSR count). The zero-order chi connectivity index (χ0) is 13.2. The van der Waals surface area contributed by atoms with Gasteiger partial charge >= 0.3 is 0 Å². The second-order valence-electron chi connectivity index (χ2n) is 4.94. The van der Waals surface area contributed by atoms with Gasteiger partial charge in [0.05, 0.1) is 11.2 Å². The van der Waals surface area contributed by atoms with Crippen molar-refractivity contribution in [1.29, 1.82) is 0 Å². The van der Waals surface area contributed by atoms with Crippen LogP contribution in [-0.2, 0) is 6.42 Å². The maximum Gasteiger partial charge on any atom is 0.116 e. The Balaban J connectivity index is 2.11. The molecule has 0 radical (unpaired) electrons. The van der Waals surface area contributed by atoms with Crippen LogP contribution >= 0.6 is 0 Å². The fraction of sp³-hybridized carbons (Fsp3) is 0.176. The van der Waals surface area contributed by atoms with E-state index in [9.17, 15) is 0 Å². The molecule has 0 N–H and O–H groups in total. The zero-order valence-corrected chi connectivity index (χ0v) is 11.2. The third kappa shape index (κ3) is 2.34. The largest absolute Gasteiger partial charge is 0.240 e. The standard InChI is InChI=1S/C17H16N2/c1-12-8-15-16(9-13(12)2)18-11-19-17(15)10-14-6-4-3-5-7-14/h3-9,11H,10H2,1-2H3. The lowest BCUT2D eigenvalue weighted by atomic mass is 10.0. The monoisotopic (exact) mass is 248 g/mol. The SMILES string of the molecule is Cc1cc2ncnc(Cc3ccccc3)c2cc1C. The molecule has 0 unspecified atom stereocenters. The molecule has 2 nitrogen and oxygen atoms in total. The first kappa shape index (κ1) is 11.8. The predicted octanol–water partition coefficient (Wildman–Crippen LogP) is 3.84. The number of aryl methyl sites for hydroxylation is 2. The Hall–Kier alpha value is -2.22. The second kappa shape index (κ2) is 4.81. The Labute approximate surface area is 113 Å². The molecular formula is C17H16N2. The number of hydrogen-bond acceptors (Lipinski definition) is 2. The van der Waals surface area contributed by atoms with E-state index >= 15 is 0 Å². The molecule has 0 aliphatic heterocycles. The quantitative estimate of drug-likeness (QED) is 0.688. The molecule has 2 heteroatoms. The van der Waals surface area contributed by atoms with Crippen LogP contribution < -0.4 is 0 Å². The van der Waals surface area contributed by atoms with Crippen LogP contribution in [0.2, 0.25) is 0 Å². The van der Waals surface area contributed by atoms with Gasteiger partial charge in [-0.1, -0.05) is 30.3 Å². The number of rotatable bonds is 2. The zero-order valence-electron chi connectivity index (χ0n) is 11.2. The molecule has 0 saturated carbocycles. The minimum atomic E-state index is 0.850. The molecule has 19 heavy (non-hydrogen) atoms. The van der Waals surface area contributed by atoms with E-state index in [4.69, 9.17) is 0 Å². The van der Waals surface area contributed by atoms with E-state index in [1.54, 1.807) is 6.33 Å². The molecule has 0 aliphatic rings. The molecule has 0 aliphatic carbocycles. The molecule has 0 amide bonds. The first-order valence-corrected chi connectivity index (χ1v) is 6.49. The normalized spacial score (nSPS) is 10.8. The molecule has 0 atom stereocenters. The number of benzene rings is 2. The molecule has 2 aromatic carbocycles. The van der Waals surface area contributed by atoms with Gasteiger partial charge in [-0.25, -0.2) is 9.97 Å². The Kier molecular flexibility index (Phi) is 3.00. The van der Waals surface area contributed by atoms with Crippen molar-refractivity contribution in [3.05, 3.63) is 71.2 Å². The minimum absolute atomic E-state index is 0.850. The Morgan fingerprint density at radius 1 is 0.895 bits per heavy atom. The molecule has 1 heterocycles. The predicted molar refractivity (Wildman–Crippen MR) is 78.3 cm³/mol. The second-order valence-corrected chi connectivity index (χ2v) is 4.94. The van der Waals surface area contributed by atoms with Crippen molar-refractivity contribution in [3.8, 4) is 0 Å². The molecule has 0 spiro atoms. The van der Waals surface area contributed by atoms with Gasteiger partial charge in [0.25, 0.3) is 0 Å². The van der Waals surface area contributed by atoms with E-state index < -0.39 is 0 Å². The lowest BCUT2D eigenvalue weighted by Crippen LogP contribution is -1.96. The van der Waals surface area contributed by atoms with E-state index in [1.807, 2.05) is 6.07 Å². The summed E-state index contributed by atoms with van der Waals surface area (Å²) in [5.74, 6) is 0. The lowest BCUT2D eigenvalue weighted by molar-refractivity contribution is 1.06. The van der Waals surface area contributed by atoms with Gasteiger partial charge in [-0.15, -0.1) is 0 Å². The van der Waals surface area contributed by atoms with Crippen LogP contribution in [0.15, 0.2) is 48.8 Å². The molecule has 1 aromatic heterocycles. The highest BCUT2D eigenvalue weighted by atomic mass is 14.8. The van der Waals surface area contributed by atoms with Crippen molar-refractivity contribution in [2.24, 2.45) is 0 Å². The van der Waals surface area contributed by atoms with Crippen LogP contribution in [0.25, 0.3) is 10.9 Å². The summed E-state index contributed by atoms with van der Waals surface area (Å²) in [7, 11) is 0. The van der Waals surface area contributed by atoms with E-state index in [0.29, 0.717) is 0 Å². The van der Waals surface area contributed by atoms with Crippen molar-refractivity contribution in [2.75, 3.05) is 0 Å². The van der Waals surface area contributed by atoms with E-state index in [2.05, 4.69) is 60.2 Å². The Morgan fingerprint density at radius 3 is 2.42 bits per heavy atom. The lowest BCUT2D eigenvalue weighted by Gasteiger charge is -2.08. The summed E-state index contributed by atoms with van der Waals surface area (Å²) in [6.45, 7) is 4.25. The van der Waals surface area contributed by atoms with Crippen molar-refractivity contribution in [3.63, 3.8) is 0 Å². The van der Waals surface area contributed by atoms with Gasteiger partial charge in [-0.2, -0.15) is 0 Å². The number of hydrogen-bond donors (Lipinski definition) is 0. The van der Waals surface area contributed by atoms with Crippen LogP contribution in [0, 0.1) is 13.8 Å². The topological polar surface area (TPSA) is 25.8 Å². The summed E-state index contributed by atoms with van der Waals surface area (Å²) < 4.78 is 0. The molecule has 0 bridgehead atoms. The average molecular weight is 248 g/mol. The van der Waals surface area contributed by atoms with Crippen molar-refractivity contribution in [1.82, 2.24) is 9.97 Å². The highest BCUT2D eigenvalue weighted by molar-refractivity contribution is 5.82. The highest BCUT2D eigenvalue weighted by Crippen LogP contribution is 2.21. The van der Waals surface area contributed by atoms with Crippen molar-refractivity contribution < 1.29 is 0 Å². The summed E-state index contributed by atoms with van der Waals surface area (Å²) in [6, 6.07) is 14.8. The smallest absolute Gasteiger partial charge is 0.116 e. The van der Waals surface area contributed by atoms with Gasteiger partial charge in [0.15, 0.2) is 0 Å². The van der Waals surface area contributed by atoms with Crippen LogP contribution in [-0.4, -0.2) is 9.97 Å². The maximum absolute atomic E-state index is 4.46.